The van der Waals surface area contributed by atoms with Crippen molar-refractivity contribution in [1.29, 1.82) is 0 Å². The number of aliphatic hydroxyl groups excluding tert-OH is 1. The van der Waals surface area contributed by atoms with Crippen LogP contribution in [0.4, 0.5) is 0 Å². The molecule has 2 aromatic heterocycles. The highest BCUT2D eigenvalue weighted by Crippen LogP contribution is 2.20. The summed E-state index contributed by atoms with van der Waals surface area (Å²) in [6.07, 6.45) is 3.99. The topological polar surface area (TPSA) is 81.3 Å². The van der Waals surface area contributed by atoms with Gasteiger partial charge >= 0.3 is 0 Å². The Labute approximate surface area is 191 Å². The first-order valence-corrected chi connectivity index (χ1v) is 10.4. The molecule has 0 aliphatic carbocycles. The van der Waals surface area contributed by atoms with Crippen molar-refractivity contribution in [2.75, 3.05) is 6.54 Å². The average molecular weight is 453 g/mol. The first kappa shape index (κ1) is 22.1. The van der Waals surface area contributed by atoms with E-state index in [1.54, 1.807) is 16.8 Å². The van der Waals surface area contributed by atoms with E-state index in [1.165, 1.54) is 6.07 Å². The van der Waals surface area contributed by atoms with Gasteiger partial charge in [0, 0.05) is 35.9 Å². The summed E-state index contributed by atoms with van der Waals surface area (Å²) in [5, 5.41) is 18.5. The van der Waals surface area contributed by atoms with E-state index in [2.05, 4.69) is 10.4 Å². The number of nitrogens with one attached hydrogen (secondary N) is 1. The van der Waals surface area contributed by atoms with Crippen molar-refractivity contribution in [3.05, 3.63) is 89.0 Å². The van der Waals surface area contributed by atoms with Crippen molar-refractivity contribution in [3.8, 4) is 11.4 Å². The maximum atomic E-state index is 12.7. The SMILES string of the molecule is Cl.O=c1cc(OCc2ccccc2)ccn1-c1ccc2c(cnn2C[C@@H]2C[C@@H](O)CN2)c1. The number of pyridine rings is 1. The van der Waals surface area contributed by atoms with Gasteiger partial charge in [-0.15, -0.1) is 12.4 Å². The number of aliphatic hydroxyl groups is 1. The van der Waals surface area contributed by atoms with Gasteiger partial charge in [-0.05, 0) is 36.2 Å². The molecule has 32 heavy (non-hydrogen) atoms. The highest BCUT2D eigenvalue weighted by Gasteiger charge is 2.23. The van der Waals surface area contributed by atoms with Gasteiger partial charge < -0.3 is 15.2 Å². The lowest BCUT2D eigenvalue weighted by Gasteiger charge is -2.12. The van der Waals surface area contributed by atoms with Gasteiger partial charge in [-0.2, -0.15) is 5.10 Å². The van der Waals surface area contributed by atoms with Crippen LogP contribution >= 0.6 is 12.4 Å². The molecule has 0 unspecified atom stereocenters. The highest BCUT2D eigenvalue weighted by molar-refractivity contribution is 5.85. The van der Waals surface area contributed by atoms with Crippen molar-refractivity contribution in [2.45, 2.75) is 31.7 Å². The second kappa shape index (κ2) is 9.56. The summed E-state index contributed by atoms with van der Waals surface area (Å²) in [5.74, 6) is 0.547. The summed E-state index contributed by atoms with van der Waals surface area (Å²) < 4.78 is 9.30. The fourth-order valence-corrected chi connectivity index (χ4v) is 4.02. The fraction of sp³-hybridized carbons (Fsp3) is 0.250. The number of halogens is 1. The van der Waals surface area contributed by atoms with Crippen LogP contribution in [0.15, 0.2) is 77.9 Å². The lowest BCUT2D eigenvalue weighted by Crippen LogP contribution is -2.27. The lowest BCUT2D eigenvalue weighted by molar-refractivity contribution is 0.192. The maximum absolute atomic E-state index is 12.7. The molecular weight excluding hydrogens is 428 g/mol. The van der Waals surface area contributed by atoms with Crippen LogP contribution in [0.3, 0.4) is 0 Å². The number of aromatic nitrogens is 3. The van der Waals surface area contributed by atoms with E-state index in [0.717, 1.165) is 28.6 Å². The van der Waals surface area contributed by atoms with E-state index in [1.807, 2.05) is 59.4 Å². The molecule has 0 radical (unpaired) electrons. The van der Waals surface area contributed by atoms with Gasteiger partial charge in [0.2, 0.25) is 0 Å². The third kappa shape index (κ3) is 4.70. The molecule has 3 heterocycles. The maximum Gasteiger partial charge on any atom is 0.258 e. The van der Waals surface area contributed by atoms with Gasteiger partial charge in [-0.3, -0.25) is 14.0 Å². The Morgan fingerprint density at radius 1 is 1.12 bits per heavy atom. The van der Waals surface area contributed by atoms with Crippen molar-refractivity contribution >= 4 is 23.3 Å². The third-order valence-corrected chi connectivity index (χ3v) is 5.64. The fourth-order valence-electron chi connectivity index (χ4n) is 4.02. The number of hydrogen-bond donors (Lipinski definition) is 2. The van der Waals surface area contributed by atoms with E-state index in [-0.39, 0.29) is 30.1 Å². The Morgan fingerprint density at radius 3 is 2.72 bits per heavy atom. The molecule has 1 fully saturated rings. The zero-order valence-electron chi connectivity index (χ0n) is 17.4. The van der Waals surface area contributed by atoms with Crippen LogP contribution in [-0.4, -0.2) is 38.1 Å². The molecule has 2 aromatic carbocycles. The van der Waals surface area contributed by atoms with E-state index in [0.29, 0.717) is 25.4 Å². The largest absolute Gasteiger partial charge is 0.489 e. The first-order valence-electron chi connectivity index (χ1n) is 10.4. The number of ether oxygens (including phenoxy) is 1. The van der Waals surface area contributed by atoms with Crippen LogP contribution in [0, 0.1) is 0 Å². The molecule has 0 bridgehead atoms. The summed E-state index contributed by atoms with van der Waals surface area (Å²) in [6, 6.07) is 19.2. The second-order valence-corrected chi connectivity index (χ2v) is 7.91. The van der Waals surface area contributed by atoms with Crippen LogP contribution in [0.5, 0.6) is 5.75 Å². The van der Waals surface area contributed by atoms with Crippen molar-refractivity contribution in [3.63, 3.8) is 0 Å². The average Bonchev–Trinajstić information content (AvgIpc) is 3.38. The Morgan fingerprint density at radius 2 is 1.97 bits per heavy atom. The Kier molecular flexibility index (Phi) is 6.60. The van der Waals surface area contributed by atoms with Crippen LogP contribution in [0.1, 0.15) is 12.0 Å². The summed E-state index contributed by atoms with van der Waals surface area (Å²) in [6.45, 7) is 1.75. The minimum absolute atomic E-state index is 0. The van der Waals surface area contributed by atoms with Crippen LogP contribution in [0.25, 0.3) is 16.6 Å². The summed E-state index contributed by atoms with van der Waals surface area (Å²) in [7, 11) is 0. The Bertz CT molecular complexity index is 1260. The smallest absolute Gasteiger partial charge is 0.258 e. The van der Waals surface area contributed by atoms with E-state index in [4.69, 9.17) is 4.74 Å². The molecule has 2 N–H and O–H groups in total. The van der Waals surface area contributed by atoms with Crippen LogP contribution in [0.2, 0.25) is 0 Å². The van der Waals surface area contributed by atoms with Gasteiger partial charge in [0.1, 0.15) is 12.4 Å². The predicted octanol–water partition coefficient (Wildman–Crippen LogP) is 2.91. The Balaban J connectivity index is 0.00000245. The molecule has 2 atom stereocenters. The molecule has 7 nitrogen and oxygen atoms in total. The van der Waals surface area contributed by atoms with E-state index < -0.39 is 0 Å². The van der Waals surface area contributed by atoms with Gasteiger partial charge in [0.25, 0.3) is 5.56 Å². The number of rotatable bonds is 6. The minimum Gasteiger partial charge on any atom is -0.489 e. The van der Waals surface area contributed by atoms with Crippen molar-refractivity contribution in [2.24, 2.45) is 0 Å². The number of nitrogens with zero attached hydrogens (tertiary/aromatic N) is 3. The van der Waals surface area contributed by atoms with Gasteiger partial charge in [0.15, 0.2) is 0 Å². The summed E-state index contributed by atoms with van der Waals surface area (Å²) in [5.41, 5.74) is 2.68. The molecule has 0 spiro atoms. The van der Waals surface area contributed by atoms with Crippen molar-refractivity contribution in [1.82, 2.24) is 19.7 Å². The summed E-state index contributed by atoms with van der Waals surface area (Å²) >= 11 is 0. The molecule has 4 aromatic rings. The molecule has 166 valence electrons. The first-order chi connectivity index (χ1) is 15.2. The molecule has 1 aliphatic rings. The van der Waals surface area contributed by atoms with E-state index >= 15 is 0 Å². The zero-order chi connectivity index (χ0) is 21.2. The molecular formula is C24H25ClN4O3. The molecule has 1 saturated heterocycles. The predicted molar refractivity (Wildman–Crippen MR) is 126 cm³/mol. The standard InChI is InChI=1S/C24H24N4O3.ClH/c29-21-11-19(25-14-21)15-28-23-7-6-20(10-18(23)13-26-28)27-9-8-22(12-24(27)30)31-16-17-4-2-1-3-5-17;/h1-10,12-13,19,21,25,29H,11,14-16H2;1H/t19-,21+;/m0./s1. The monoisotopic (exact) mass is 452 g/mol. The molecule has 0 amide bonds. The number of β-amino-alcohol motifs (C(OH)–C–C–N with tert-alkyl or cyclic N) is 1. The van der Waals surface area contributed by atoms with Gasteiger partial charge in [-0.25, -0.2) is 0 Å². The molecule has 8 heteroatoms. The quantitative estimate of drug-likeness (QED) is 0.470. The minimum atomic E-state index is -0.287. The van der Waals surface area contributed by atoms with E-state index in [9.17, 15) is 9.90 Å². The molecule has 0 saturated carbocycles. The number of fused-ring (bicyclic) bond motifs is 1. The molecule has 5 rings (SSSR count). The number of benzene rings is 2. The third-order valence-electron chi connectivity index (χ3n) is 5.64. The summed E-state index contributed by atoms with van der Waals surface area (Å²) in [4.78, 5) is 12.7. The number of hydrogen-bond acceptors (Lipinski definition) is 5. The zero-order valence-corrected chi connectivity index (χ0v) is 18.2. The second-order valence-electron chi connectivity index (χ2n) is 7.91. The van der Waals surface area contributed by atoms with Gasteiger partial charge in [-0.1, -0.05) is 30.3 Å². The van der Waals surface area contributed by atoms with Crippen molar-refractivity contribution < 1.29 is 9.84 Å². The normalized spacial score (nSPS) is 17.9. The Hall–Kier alpha value is -3.13. The van der Waals surface area contributed by atoms with Crippen LogP contribution in [-0.2, 0) is 13.2 Å². The molecule has 1 aliphatic heterocycles. The highest BCUT2D eigenvalue weighted by atomic mass is 35.5. The van der Waals surface area contributed by atoms with Crippen LogP contribution < -0.4 is 15.6 Å². The van der Waals surface area contributed by atoms with Gasteiger partial charge in [0.05, 0.1) is 24.4 Å². The lowest BCUT2D eigenvalue weighted by atomic mass is 10.2.